The molecule has 27 heavy (non-hydrogen) atoms. The van der Waals surface area contributed by atoms with E-state index in [1.54, 1.807) is 6.92 Å². The molecular weight excluding hydrogens is 389 g/mol. The number of hydrogen-bond acceptors (Lipinski definition) is 4. The van der Waals surface area contributed by atoms with Gasteiger partial charge in [0.25, 0.3) is 0 Å². The number of amides is 1. The van der Waals surface area contributed by atoms with E-state index in [1.165, 1.54) is 12.1 Å². The fourth-order valence-corrected chi connectivity index (χ4v) is 2.81. The number of hydrogen-bond donors (Lipinski definition) is 1. The van der Waals surface area contributed by atoms with Crippen LogP contribution in [0, 0.1) is 10.1 Å². The minimum absolute atomic E-state index is 0.0409. The number of alkyl halides is 3. The number of nitro groups is 1. The number of rotatable bonds is 6. The van der Waals surface area contributed by atoms with Crippen molar-refractivity contribution in [3.63, 3.8) is 0 Å². The zero-order chi connectivity index (χ0) is 20.4. The third-order valence-corrected chi connectivity index (χ3v) is 4.09. The van der Waals surface area contributed by atoms with Gasteiger partial charge in [-0.15, -0.1) is 0 Å². The van der Waals surface area contributed by atoms with E-state index in [0.29, 0.717) is 6.42 Å². The predicted molar refractivity (Wildman–Crippen MR) is 92.1 cm³/mol. The molecule has 0 aliphatic heterocycles. The molecule has 0 unspecified atom stereocenters. The van der Waals surface area contributed by atoms with Gasteiger partial charge in [0.15, 0.2) is 0 Å². The van der Waals surface area contributed by atoms with E-state index >= 15 is 0 Å². The molecule has 2 rings (SSSR count). The van der Waals surface area contributed by atoms with Crippen LogP contribution in [0.5, 0.6) is 11.5 Å². The molecule has 0 saturated carbocycles. The van der Waals surface area contributed by atoms with Crippen molar-refractivity contribution in [2.75, 3.05) is 0 Å². The summed E-state index contributed by atoms with van der Waals surface area (Å²) in [5, 5.41) is 11.3. The summed E-state index contributed by atoms with van der Waals surface area (Å²) in [6, 6.07) is 5.10. The first-order valence-electron chi connectivity index (χ1n) is 7.71. The van der Waals surface area contributed by atoms with Crippen LogP contribution in [0.3, 0.4) is 0 Å². The van der Waals surface area contributed by atoms with Crippen molar-refractivity contribution < 1.29 is 27.6 Å². The number of nitro benzene ring substituents is 1. The topological polar surface area (TPSA) is 95.5 Å². The first kappa shape index (κ1) is 20.5. The summed E-state index contributed by atoms with van der Waals surface area (Å²) >= 11 is 6.13. The number of ether oxygens (including phenoxy) is 1. The van der Waals surface area contributed by atoms with E-state index in [9.17, 15) is 28.1 Å². The second-order valence-corrected chi connectivity index (χ2v) is 5.91. The molecule has 0 fully saturated rings. The van der Waals surface area contributed by atoms with Crippen LogP contribution < -0.4 is 10.5 Å². The Hall–Kier alpha value is -2.81. The van der Waals surface area contributed by atoms with E-state index in [-0.39, 0.29) is 22.6 Å². The zero-order valence-corrected chi connectivity index (χ0v) is 14.7. The van der Waals surface area contributed by atoms with Gasteiger partial charge < -0.3 is 10.5 Å². The van der Waals surface area contributed by atoms with Gasteiger partial charge in [-0.3, -0.25) is 14.9 Å². The Morgan fingerprint density at radius 3 is 2.48 bits per heavy atom. The SMILES string of the molecule is CCCc1c(Cl)c(C(N)=O)cc([N+](=O)[O-])c1Oc1ccccc1C(F)(F)F. The number of carbonyl (C=O) groups is 1. The van der Waals surface area contributed by atoms with Crippen molar-refractivity contribution in [2.24, 2.45) is 5.73 Å². The number of nitrogens with two attached hydrogens (primary N) is 1. The van der Waals surface area contributed by atoms with Gasteiger partial charge in [0.2, 0.25) is 11.7 Å². The smallest absolute Gasteiger partial charge is 0.419 e. The lowest BCUT2D eigenvalue weighted by Gasteiger charge is -2.17. The molecule has 2 aromatic rings. The summed E-state index contributed by atoms with van der Waals surface area (Å²) in [5.41, 5.74) is 3.13. The average Bonchev–Trinajstić information content (AvgIpc) is 2.57. The summed E-state index contributed by atoms with van der Waals surface area (Å²) in [7, 11) is 0. The minimum Gasteiger partial charge on any atom is -0.449 e. The average molecular weight is 403 g/mol. The van der Waals surface area contributed by atoms with Crippen LogP contribution in [0.1, 0.15) is 34.8 Å². The molecule has 0 aromatic heterocycles. The third-order valence-electron chi connectivity index (χ3n) is 3.66. The highest BCUT2D eigenvalue weighted by molar-refractivity contribution is 6.35. The van der Waals surface area contributed by atoms with Gasteiger partial charge in [-0.1, -0.05) is 37.1 Å². The zero-order valence-electron chi connectivity index (χ0n) is 14.0. The first-order valence-corrected chi connectivity index (χ1v) is 8.09. The normalized spacial score (nSPS) is 11.3. The lowest BCUT2D eigenvalue weighted by atomic mass is 10.0. The molecule has 0 radical (unpaired) electrons. The summed E-state index contributed by atoms with van der Waals surface area (Å²) in [6.45, 7) is 1.73. The molecular formula is C17H14ClF3N2O4. The maximum absolute atomic E-state index is 13.2. The molecule has 0 aliphatic carbocycles. The van der Waals surface area contributed by atoms with Crippen LogP contribution in [0.2, 0.25) is 5.02 Å². The Morgan fingerprint density at radius 2 is 1.96 bits per heavy atom. The number of halogens is 4. The monoisotopic (exact) mass is 402 g/mol. The first-order chi connectivity index (χ1) is 12.6. The largest absolute Gasteiger partial charge is 0.449 e. The fourth-order valence-electron chi connectivity index (χ4n) is 2.48. The van der Waals surface area contributed by atoms with Gasteiger partial charge in [0.05, 0.1) is 21.1 Å². The van der Waals surface area contributed by atoms with E-state index in [4.69, 9.17) is 22.1 Å². The molecule has 1 amide bonds. The maximum atomic E-state index is 13.2. The van der Waals surface area contributed by atoms with Crippen molar-refractivity contribution in [1.82, 2.24) is 0 Å². The molecule has 2 aromatic carbocycles. The quantitative estimate of drug-likeness (QED) is 0.536. The van der Waals surface area contributed by atoms with Gasteiger partial charge in [-0.2, -0.15) is 13.2 Å². The molecule has 0 bridgehead atoms. The number of para-hydroxylation sites is 1. The van der Waals surface area contributed by atoms with Gasteiger partial charge in [-0.05, 0) is 18.6 Å². The molecule has 0 spiro atoms. The van der Waals surface area contributed by atoms with Crippen LogP contribution in [0.4, 0.5) is 18.9 Å². The number of nitrogens with zero attached hydrogens (tertiary/aromatic N) is 1. The highest BCUT2D eigenvalue weighted by Crippen LogP contribution is 2.44. The number of benzene rings is 2. The fraction of sp³-hybridized carbons (Fsp3) is 0.235. The minimum atomic E-state index is -4.73. The van der Waals surface area contributed by atoms with Crippen LogP contribution in [-0.4, -0.2) is 10.8 Å². The molecule has 144 valence electrons. The van der Waals surface area contributed by atoms with Crippen molar-refractivity contribution in [3.05, 3.63) is 62.2 Å². The molecule has 0 aliphatic rings. The van der Waals surface area contributed by atoms with Crippen LogP contribution in [0.15, 0.2) is 30.3 Å². The Kier molecular flexibility index (Phi) is 5.94. The maximum Gasteiger partial charge on any atom is 0.419 e. The summed E-state index contributed by atoms with van der Waals surface area (Å²) in [4.78, 5) is 22.1. The molecule has 6 nitrogen and oxygen atoms in total. The van der Waals surface area contributed by atoms with Crippen molar-refractivity contribution in [2.45, 2.75) is 25.9 Å². The molecule has 0 atom stereocenters. The molecule has 2 N–H and O–H groups in total. The van der Waals surface area contributed by atoms with Crippen molar-refractivity contribution in [1.29, 1.82) is 0 Å². The Bertz CT molecular complexity index is 900. The van der Waals surface area contributed by atoms with E-state index in [2.05, 4.69) is 0 Å². The lowest BCUT2D eigenvalue weighted by molar-refractivity contribution is -0.385. The van der Waals surface area contributed by atoms with Crippen LogP contribution in [0.25, 0.3) is 0 Å². The van der Waals surface area contributed by atoms with Crippen molar-refractivity contribution >= 4 is 23.2 Å². The third kappa shape index (κ3) is 4.30. The predicted octanol–water partition coefficient (Wildman–Crippen LogP) is 5.11. The highest BCUT2D eigenvalue weighted by Gasteiger charge is 2.35. The Balaban J connectivity index is 2.75. The number of carbonyl (C=O) groups excluding carboxylic acids is 1. The Labute approximate surface area is 156 Å². The van der Waals surface area contributed by atoms with E-state index in [0.717, 1.165) is 18.2 Å². The molecule has 10 heteroatoms. The van der Waals surface area contributed by atoms with E-state index in [1.807, 2.05) is 0 Å². The second-order valence-electron chi connectivity index (χ2n) is 5.53. The van der Waals surface area contributed by atoms with Gasteiger partial charge in [0.1, 0.15) is 5.75 Å². The summed E-state index contributed by atoms with van der Waals surface area (Å²) in [5.74, 6) is -2.07. The van der Waals surface area contributed by atoms with E-state index < -0.39 is 39.8 Å². The van der Waals surface area contributed by atoms with Crippen LogP contribution >= 0.6 is 11.6 Å². The summed E-state index contributed by atoms with van der Waals surface area (Å²) < 4.78 is 45.0. The van der Waals surface area contributed by atoms with Crippen LogP contribution in [-0.2, 0) is 12.6 Å². The Morgan fingerprint density at radius 1 is 1.33 bits per heavy atom. The standard InChI is InChI=1S/C17H14ClF3N2O4/c1-2-5-9-14(18)10(16(22)24)8-12(23(25)26)15(9)27-13-7-4-3-6-11(13)17(19,20)21/h3-4,6-8H,2,5H2,1H3,(H2,22,24). The second kappa shape index (κ2) is 7.83. The molecule has 0 saturated heterocycles. The van der Waals surface area contributed by atoms with Gasteiger partial charge >= 0.3 is 11.9 Å². The lowest BCUT2D eigenvalue weighted by Crippen LogP contribution is -2.14. The van der Waals surface area contributed by atoms with Gasteiger partial charge in [-0.25, -0.2) is 0 Å². The number of primary amides is 1. The summed E-state index contributed by atoms with van der Waals surface area (Å²) in [6.07, 6.45) is -4.16. The van der Waals surface area contributed by atoms with Crippen molar-refractivity contribution in [3.8, 4) is 11.5 Å². The highest BCUT2D eigenvalue weighted by atomic mass is 35.5. The molecule has 0 heterocycles. The van der Waals surface area contributed by atoms with Gasteiger partial charge in [0, 0.05) is 11.6 Å².